The van der Waals surface area contributed by atoms with Crippen molar-refractivity contribution < 1.29 is 9.53 Å². The molecule has 164 valence electrons. The summed E-state index contributed by atoms with van der Waals surface area (Å²) >= 11 is 1.45. The van der Waals surface area contributed by atoms with Gasteiger partial charge in [0.2, 0.25) is 0 Å². The highest BCUT2D eigenvalue weighted by Gasteiger charge is 2.33. The highest BCUT2D eigenvalue weighted by molar-refractivity contribution is 7.13. The molecule has 1 saturated heterocycles. The van der Waals surface area contributed by atoms with Crippen LogP contribution in [0.1, 0.15) is 38.2 Å². The van der Waals surface area contributed by atoms with E-state index in [0.717, 1.165) is 29.3 Å². The standard InChI is InChI=1S/C23H29N5O2S/c1-16-11-27(12-17(2)30-16)23(3,4)15-24-21(29)20-14-31-22(26-20)18-10-25-28(13-18)19-8-6-5-7-9-19/h5-10,13-14,16-17H,11-12,15H2,1-4H3,(H,24,29)/t16-,17-/m0/s1. The minimum atomic E-state index is -0.169. The van der Waals surface area contributed by atoms with Crippen LogP contribution < -0.4 is 5.32 Å². The van der Waals surface area contributed by atoms with Crippen molar-refractivity contribution in [1.29, 1.82) is 0 Å². The first-order chi connectivity index (χ1) is 14.8. The molecule has 31 heavy (non-hydrogen) atoms. The third-order valence-electron chi connectivity index (χ3n) is 5.54. The molecule has 3 aromatic rings. The van der Waals surface area contributed by atoms with Gasteiger partial charge < -0.3 is 10.1 Å². The molecule has 7 nitrogen and oxygen atoms in total. The number of carbonyl (C=O) groups is 1. The Morgan fingerprint density at radius 1 is 1.23 bits per heavy atom. The van der Waals surface area contributed by atoms with Gasteiger partial charge in [-0.3, -0.25) is 9.69 Å². The van der Waals surface area contributed by atoms with E-state index in [4.69, 9.17) is 4.74 Å². The molecule has 4 rings (SSSR count). The molecule has 1 N–H and O–H groups in total. The van der Waals surface area contributed by atoms with Crippen LogP contribution in [0.5, 0.6) is 0 Å². The summed E-state index contributed by atoms with van der Waals surface area (Å²) in [5.41, 5.74) is 2.14. The molecule has 0 radical (unpaired) electrons. The number of nitrogens with one attached hydrogen (secondary N) is 1. The van der Waals surface area contributed by atoms with E-state index in [0.29, 0.717) is 12.2 Å². The van der Waals surface area contributed by atoms with Gasteiger partial charge in [0.15, 0.2) is 0 Å². The van der Waals surface area contributed by atoms with Gasteiger partial charge in [-0.05, 0) is 39.8 Å². The Kier molecular flexibility index (Phi) is 6.22. The lowest BCUT2D eigenvalue weighted by molar-refractivity contribution is -0.0948. The van der Waals surface area contributed by atoms with E-state index in [1.54, 1.807) is 11.6 Å². The minimum absolute atomic E-state index is 0.152. The van der Waals surface area contributed by atoms with E-state index in [1.165, 1.54) is 11.3 Å². The Balaban J connectivity index is 1.39. The zero-order chi connectivity index (χ0) is 22.0. The quantitative estimate of drug-likeness (QED) is 0.635. The van der Waals surface area contributed by atoms with E-state index in [2.05, 4.69) is 48.0 Å². The third kappa shape index (κ3) is 5.03. The SMILES string of the molecule is C[C@H]1CN(C(C)(C)CNC(=O)c2csc(-c3cnn(-c4ccccc4)c3)n2)C[C@H](C)O1. The van der Waals surface area contributed by atoms with Gasteiger partial charge in [-0.15, -0.1) is 11.3 Å². The molecular formula is C23H29N5O2S. The van der Waals surface area contributed by atoms with E-state index in [9.17, 15) is 4.79 Å². The lowest BCUT2D eigenvalue weighted by Crippen LogP contribution is -2.58. The Morgan fingerprint density at radius 3 is 2.65 bits per heavy atom. The van der Waals surface area contributed by atoms with E-state index >= 15 is 0 Å². The summed E-state index contributed by atoms with van der Waals surface area (Å²) in [7, 11) is 0. The smallest absolute Gasteiger partial charge is 0.270 e. The second-order valence-corrected chi connectivity index (χ2v) is 9.56. The van der Waals surface area contributed by atoms with Crippen molar-refractivity contribution in [3.8, 4) is 16.3 Å². The summed E-state index contributed by atoms with van der Waals surface area (Å²) in [4.78, 5) is 19.7. The third-order valence-corrected chi connectivity index (χ3v) is 6.44. The molecule has 1 aliphatic heterocycles. The molecule has 8 heteroatoms. The van der Waals surface area contributed by atoms with E-state index in [-0.39, 0.29) is 23.7 Å². The van der Waals surface area contributed by atoms with Crippen LogP contribution in [0.4, 0.5) is 0 Å². The highest BCUT2D eigenvalue weighted by atomic mass is 32.1. The fraction of sp³-hybridized carbons (Fsp3) is 0.435. The zero-order valence-corrected chi connectivity index (χ0v) is 19.2. The fourth-order valence-electron chi connectivity index (χ4n) is 3.84. The van der Waals surface area contributed by atoms with Crippen molar-refractivity contribution in [2.24, 2.45) is 0 Å². The van der Waals surface area contributed by atoms with Gasteiger partial charge in [-0.25, -0.2) is 9.67 Å². The largest absolute Gasteiger partial charge is 0.373 e. The number of hydrogen-bond acceptors (Lipinski definition) is 6. The van der Waals surface area contributed by atoms with Crippen LogP contribution in [-0.4, -0.2) is 63.0 Å². The van der Waals surface area contributed by atoms with Crippen LogP contribution in [0.15, 0.2) is 48.1 Å². The summed E-state index contributed by atoms with van der Waals surface area (Å²) in [6.45, 7) is 10.8. The number of amides is 1. The van der Waals surface area contributed by atoms with Crippen molar-refractivity contribution in [2.75, 3.05) is 19.6 Å². The summed E-state index contributed by atoms with van der Waals surface area (Å²) in [6, 6.07) is 9.91. The van der Waals surface area contributed by atoms with E-state index in [1.807, 2.05) is 41.2 Å². The maximum atomic E-state index is 12.7. The first-order valence-electron chi connectivity index (χ1n) is 10.6. The Labute approximate surface area is 187 Å². The number of aromatic nitrogens is 3. The van der Waals surface area contributed by atoms with Crippen LogP contribution in [0.2, 0.25) is 0 Å². The average Bonchev–Trinajstić information content (AvgIpc) is 3.42. The normalized spacial score (nSPS) is 20.0. The molecule has 0 spiro atoms. The van der Waals surface area contributed by atoms with Crippen molar-refractivity contribution in [3.05, 3.63) is 53.8 Å². The Hall–Kier alpha value is -2.55. The first-order valence-corrected chi connectivity index (χ1v) is 11.4. The number of benzene rings is 1. The van der Waals surface area contributed by atoms with Gasteiger partial charge in [0.1, 0.15) is 10.7 Å². The van der Waals surface area contributed by atoms with Gasteiger partial charge in [0.05, 0.1) is 24.1 Å². The summed E-state index contributed by atoms with van der Waals surface area (Å²) in [5.74, 6) is -0.152. The molecule has 1 aromatic carbocycles. The molecule has 1 amide bonds. The van der Waals surface area contributed by atoms with Crippen LogP contribution in [0.25, 0.3) is 16.3 Å². The summed E-state index contributed by atoms with van der Waals surface area (Å²) in [6.07, 6.45) is 4.09. The predicted octanol–water partition coefficient (Wildman–Crippen LogP) is 3.61. The number of morpholine rings is 1. The minimum Gasteiger partial charge on any atom is -0.373 e. The molecular weight excluding hydrogens is 410 g/mol. The van der Waals surface area contributed by atoms with Crippen molar-refractivity contribution in [2.45, 2.75) is 45.4 Å². The van der Waals surface area contributed by atoms with Crippen LogP contribution in [0, 0.1) is 0 Å². The lowest BCUT2D eigenvalue weighted by atomic mass is 10.00. The molecule has 2 atom stereocenters. The first kappa shape index (κ1) is 21.7. The Morgan fingerprint density at radius 2 is 1.94 bits per heavy atom. The van der Waals surface area contributed by atoms with E-state index < -0.39 is 0 Å². The number of para-hydroxylation sites is 1. The Bertz CT molecular complexity index is 1020. The maximum absolute atomic E-state index is 12.7. The van der Waals surface area contributed by atoms with Gasteiger partial charge >= 0.3 is 0 Å². The zero-order valence-electron chi connectivity index (χ0n) is 18.4. The average molecular weight is 440 g/mol. The summed E-state index contributed by atoms with van der Waals surface area (Å²) < 4.78 is 7.65. The number of rotatable bonds is 6. The monoisotopic (exact) mass is 439 g/mol. The maximum Gasteiger partial charge on any atom is 0.270 e. The molecule has 0 bridgehead atoms. The van der Waals surface area contributed by atoms with Crippen LogP contribution in [-0.2, 0) is 4.74 Å². The molecule has 1 aliphatic rings. The van der Waals surface area contributed by atoms with Crippen molar-refractivity contribution in [3.63, 3.8) is 0 Å². The number of thiazole rings is 1. The molecule has 1 fully saturated rings. The number of carbonyl (C=O) groups excluding carboxylic acids is 1. The highest BCUT2D eigenvalue weighted by Crippen LogP contribution is 2.25. The molecule has 0 unspecified atom stereocenters. The summed E-state index contributed by atoms with van der Waals surface area (Å²) in [5, 5.41) is 10.1. The second kappa shape index (κ2) is 8.90. The number of nitrogens with zero attached hydrogens (tertiary/aromatic N) is 4. The fourth-order valence-corrected chi connectivity index (χ4v) is 4.61. The van der Waals surface area contributed by atoms with Gasteiger partial charge in [0, 0.05) is 42.3 Å². The van der Waals surface area contributed by atoms with Crippen LogP contribution >= 0.6 is 11.3 Å². The van der Waals surface area contributed by atoms with Crippen molar-refractivity contribution in [1.82, 2.24) is 25.0 Å². The molecule has 0 aliphatic carbocycles. The second-order valence-electron chi connectivity index (χ2n) is 8.70. The number of hydrogen-bond donors (Lipinski definition) is 1. The lowest BCUT2D eigenvalue weighted by Gasteiger charge is -2.45. The molecule has 0 saturated carbocycles. The van der Waals surface area contributed by atoms with Crippen molar-refractivity contribution >= 4 is 17.2 Å². The van der Waals surface area contributed by atoms with Crippen LogP contribution in [0.3, 0.4) is 0 Å². The van der Waals surface area contributed by atoms with Gasteiger partial charge in [-0.1, -0.05) is 18.2 Å². The van der Waals surface area contributed by atoms with Gasteiger partial charge in [0.25, 0.3) is 5.91 Å². The molecule has 2 aromatic heterocycles. The predicted molar refractivity (Wildman–Crippen MR) is 123 cm³/mol. The number of ether oxygens (including phenoxy) is 1. The topological polar surface area (TPSA) is 72.3 Å². The van der Waals surface area contributed by atoms with Gasteiger partial charge in [-0.2, -0.15) is 5.10 Å². The molecule has 3 heterocycles.